The molecule has 1 aliphatic carbocycles. The second kappa shape index (κ2) is 11.5. The summed E-state index contributed by atoms with van der Waals surface area (Å²) in [6.45, 7) is 9.78. The molecule has 198 valence electrons. The van der Waals surface area contributed by atoms with Gasteiger partial charge in [-0.1, -0.05) is 48.5 Å². The van der Waals surface area contributed by atoms with E-state index in [2.05, 4.69) is 16.0 Å². The highest BCUT2D eigenvalue weighted by Crippen LogP contribution is 2.44. The number of amides is 3. The Hall–Kier alpha value is -3.88. The highest BCUT2D eigenvalue weighted by atomic mass is 16.6. The number of nitrogens with one attached hydrogen (secondary N) is 3. The van der Waals surface area contributed by atoms with Crippen LogP contribution in [0.25, 0.3) is 11.1 Å². The molecule has 3 rings (SSSR count). The summed E-state index contributed by atoms with van der Waals surface area (Å²) in [5, 5.41) is 7.54. The quantitative estimate of drug-likeness (QED) is 0.470. The van der Waals surface area contributed by atoms with E-state index < -0.39 is 47.6 Å². The zero-order chi connectivity index (χ0) is 27.3. The van der Waals surface area contributed by atoms with Crippen LogP contribution in [-0.2, 0) is 23.9 Å². The highest BCUT2D eigenvalue weighted by Gasteiger charge is 2.30. The summed E-state index contributed by atoms with van der Waals surface area (Å²) in [6.07, 6.45) is -0.736. The van der Waals surface area contributed by atoms with Crippen molar-refractivity contribution in [1.29, 1.82) is 0 Å². The molecule has 37 heavy (non-hydrogen) atoms. The van der Waals surface area contributed by atoms with E-state index in [4.69, 9.17) is 9.47 Å². The van der Waals surface area contributed by atoms with Crippen molar-refractivity contribution in [3.63, 3.8) is 0 Å². The van der Waals surface area contributed by atoms with Crippen LogP contribution in [0.4, 0.5) is 4.79 Å². The summed E-state index contributed by atoms with van der Waals surface area (Å²) in [4.78, 5) is 49.5. The van der Waals surface area contributed by atoms with E-state index in [1.165, 1.54) is 20.8 Å². The van der Waals surface area contributed by atoms with Crippen molar-refractivity contribution in [3.05, 3.63) is 59.7 Å². The Kier molecular flexibility index (Phi) is 8.57. The van der Waals surface area contributed by atoms with Gasteiger partial charge in [0.2, 0.25) is 11.8 Å². The van der Waals surface area contributed by atoms with Crippen LogP contribution >= 0.6 is 0 Å². The van der Waals surface area contributed by atoms with Crippen molar-refractivity contribution >= 4 is 23.9 Å². The van der Waals surface area contributed by atoms with Crippen LogP contribution < -0.4 is 16.0 Å². The lowest BCUT2D eigenvalue weighted by Crippen LogP contribution is -2.54. The van der Waals surface area contributed by atoms with Gasteiger partial charge in [0.25, 0.3) is 0 Å². The Bertz CT molecular complexity index is 1130. The molecule has 0 saturated carbocycles. The van der Waals surface area contributed by atoms with Gasteiger partial charge in [-0.15, -0.1) is 0 Å². The molecule has 3 amide bonds. The van der Waals surface area contributed by atoms with Gasteiger partial charge < -0.3 is 25.4 Å². The largest absolute Gasteiger partial charge is 0.458 e. The lowest BCUT2D eigenvalue weighted by atomic mass is 9.98. The van der Waals surface area contributed by atoms with E-state index >= 15 is 0 Å². The van der Waals surface area contributed by atoms with Gasteiger partial charge in [-0.2, -0.15) is 0 Å². The van der Waals surface area contributed by atoms with Gasteiger partial charge in [-0.3, -0.25) is 9.59 Å². The van der Waals surface area contributed by atoms with Gasteiger partial charge in [0.15, 0.2) is 0 Å². The predicted octanol–water partition coefficient (Wildman–Crippen LogP) is 3.26. The third-order valence-electron chi connectivity index (χ3n) is 5.94. The Balaban J connectivity index is 1.48. The molecule has 0 aliphatic heterocycles. The first-order valence-corrected chi connectivity index (χ1v) is 12.3. The summed E-state index contributed by atoms with van der Waals surface area (Å²) >= 11 is 0. The lowest BCUT2D eigenvalue weighted by Gasteiger charge is -2.24. The van der Waals surface area contributed by atoms with Gasteiger partial charge in [0, 0.05) is 5.92 Å². The Morgan fingerprint density at radius 1 is 0.757 bits per heavy atom. The Morgan fingerprint density at radius 3 is 1.73 bits per heavy atom. The molecule has 2 aromatic rings. The van der Waals surface area contributed by atoms with E-state index in [1.807, 2.05) is 48.5 Å². The number of carbonyl (C=O) groups is 4. The molecule has 2 aromatic carbocycles. The van der Waals surface area contributed by atoms with Crippen LogP contribution in [-0.4, -0.2) is 54.2 Å². The van der Waals surface area contributed by atoms with Crippen molar-refractivity contribution in [2.75, 3.05) is 6.61 Å². The van der Waals surface area contributed by atoms with Crippen LogP contribution in [0.1, 0.15) is 58.6 Å². The number of fused-ring (bicyclic) bond motifs is 3. The number of ether oxygens (including phenoxy) is 2. The zero-order valence-electron chi connectivity index (χ0n) is 22.1. The second-order valence-corrected chi connectivity index (χ2v) is 10.2. The molecule has 0 saturated heterocycles. The minimum atomic E-state index is -0.950. The van der Waals surface area contributed by atoms with Gasteiger partial charge in [-0.05, 0) is 63.8 Å². The summed E-state index contributed by atoms with van der Waals surface area (Å²) in [5.41, 5.74) is 3.72. The average molecular weight is 510 g/mol. The molecule has 0 spiro atoms. The molecule has 9 nitrogen and oxygen atoms in total. The van der Waals surface area contributed by atoms with Gasteiger partial charge in [0.1, 0.15) is 30.3 Å². The Labute approximate surface area is 217 Å². The fraction of sp³-hybridized carbons (Fsp3) is 0.429. The Morgan fingerprint density at radius 2 is 1.22 bits per heavy atom. The third kappa shape index (κ3) is 7.09. The highest BCUT2D eigenvalue weighted by molar-refractivity contribution is 5.92. The molecule has 9 heteroatoms. The molecule has 1 aliphatic rings. The predicted molar refractivity (Wildman–Crippen MR) is 139 cm³/mol. The summed E-state index contributed by atoms with van der Waals surface area (Å²) in [7, 11) is 0. The summed E-state index contributed by atoms with van der Waals surface area (Å²) in [5.74, 6) is -1.80. The fourth-order valence-corrected chi connectivity index (χ4v) is 4.07. The number of carbonyl (C=O) groups excluding carboxylic acids is 4. The molecule has 0 radical (unpaired) electrons. The molecule has 3 N–H and O–H groups in total. The SMILES string of the molecule is CC(NC(=O)OCC1c2ccccc2-c2ccccc21)C(=O)NC(C)C(=O)NC(C)C(=O)OC(C)(C)C. The number of esters is 1. The van der Waals surface area contributed by atoms with Crippen molar-refractivity contribution < 1.29 is 28.7 Å². The summed E-state index contributed by atoms with van der Waals surface area (Å²) in [6, 6.07) is 13.2. The third-order valence-corrected chi connectivity index (χ3v) is 5.94. The maximum Gasteiger partial charge on any atom is 0.407 e. The molecule has 3 unspecified atom stereocenters. The van der Waals surface area contributed by atoms with E-state index in [1.54, 1.807) is 20.8 Å². The number of hydrogen-bond acceptors (Lipinski definition) is 6. The van der Waals surface area contributed by atoms with Crippen LogP contribution in [0.15, 0.2) is 48.5 Å². The monoisotopic (exact) mass is 509 g/mol. The van der Waals surface area contributed by atoms with E-state index in [0.29, 0.717) is 0 Å². The minimum absolute atomic E-state index is 0.0991. The van der Waals surface area contributed by atoms with Crippen molar-refractivity contribution in [3.8, 4) is 11.1 Å². The fourth-order valence-electron chi connectivity index (χ4n) is 4.07. The van der Waals surface area contributed by atoms with E-state index in [9.17, 15) is 19.2 Å². The molecule has 0 heterocycles. The van der Waals surface area contributed by atoms with Gasteiger partial charge in [-0.25, -0.2) is 9.59 Å². The molecular weight excluding hydrogens is 474 g/mol. The van der Waals surface area contributed by atoms with Crippen LogP contribution in [0.2, 0.25) is 0 Å². The molecular formula is C28H35N3O6. The normalized spacial score (nSPS) is 14.9. The van der Waals surface area contributed by atoms with Crippen molar-refractivity contribution in [2.24, 2.45) is 0 Å². The first kappa shape index (κ1) is 27.7. The van der Waals surface area contributed by atoms with E-state index in [0.717, 1.165) is 22.3 Å². The number of alkyl carbamates (subject to hydrolysis) is 1. The van der Waals surface area contributed by atoms with Crippen LogP contribution in [0, 0.1) is 0 Å². The van der Waals surface area contributed by atoms with Gasteiger partial charge >= 0.3 is 12.1 Å². The second-order valence-electron chi connectivity index (χ2n) is 10.2. The molecule has 0 bridgehead atoms. The number of benzene rings is 2. The standard InChI is InChI=1S/C28H35N3O6/c1-16(24(32)30-18(3)26(34)37-28(4,5)6)29-25(33)17(2)31-27(35)36-15-23-21-13-9-7-11-19(21)20-12-8-10-14-22(20)23/h7-14,16-18,23H,15H2,1-6H3,(H,29,33)(H,30,32)(H,31,35). The number of rotatable bonds is 8. The van der Waals surface area contributed by atoms with Gasteiger partial charge in [0.05, 0.1) is 0 Å². The zero-order valence-corrected chi connectivity index (χ0v) is 22.1. The van der Waals surface area contributed by atoms with E-state index in [-0.39, 0.29) is 12.5 Å². The first-order chi connectivity index (χ1) is 17.4. The maximum absolute atomic E-state index is 12.5. The number of hydrogen-bond donors (Lipinski definition) is 3. The average Bonchev–Trinajstić information content (AvgIpc) is 3.15. The lowest BCUT2D eigenvalue weighted by molar-refractivity contribution is -0.158. The molecule has 3 atom stereocenters. The van der Waals surface area contributed by atoms with Crippen LogP contribution in [0.3, 0.4) is 0 Å². The van der Waals surface area contributed by atoms with Crippen LogP contribution in [0.5, 0.6) is 0 Å². The van der Waals surface area contributed by atoms with Crippen molar-refractivity contribution in [2.45, 2.75) is 71.2 Å². The maximum atomic E-state index is 12.5. The minimum Gasteiger partial charge on any atom is -0.458 e. The summed E-state index contributed by atoms with van der Waals surface area (Å²) < 4.78 is 10.7. The molecule has 0 fully saturated rings. The topological polar surface area (TPSA) is 123 Å². The first-order valence-electron chi connectivity index (χ1n) is 12.3. The smallest absolute Gasteiger partial charge is 0.407 e. The van der Waals surface area contributed by atoms with Crippen molar-refractivity contribution in [1.82, 2.24) is 16.0 Å². The molecule has 0 aromatic heterocycles.